The molecule has 1 aliphatic heterocycles. The van der Waals surface area contributed by atoms with E-state index in [1.807, 2.05) is 12.1 Å². The summed E-state index contributed by atoms with van der Waals surface area (Å²) in [4.78, 5) is 11.2. The van der Waals surface area contributed by atoms with Gasteiger partial charge in [0.2, 0.25) is 5.75 Å². The third-order valence-electron chi connectivity index (χ3n) is 4.46. The molecule has 1 atom stereocenters. The Bertz CT molecular complexity index is 713. The number of benzene rings is 1. The van der Waals surface area contributed by atoms with Gasteiger partial charge in [-0.05, 0) is 25.0 Å². The molecule has 2 heterocycles. The molecule has 25 heavy (non-hydrogen) atoms. The molecule has 7 heteroatoms. The van der Waals surface area contributed by atoms with Gasteiger partial charge in [0.1, 0.15) is 5.82 Å². The number of rotatable bonds is 6. The first-order chi connectivity index (χ1) is 12.2. The van der Waals surface area contributed by atoms with E-state index < -0.39 is 0 Å². The van der Waals surface area contributed by atoms with Crippen LogP contribution in [0.3, 0.4) is 0 Å². The highest BCUT2D eigenvalue weighted by Gasteiger charge is 2.25. The summed E-state index contributed by atoms with van der Waals surface area (Å²) in [5.74, 6) is 2.44. The maximum Gasteiger partial charge on any atom is 0.203 e. The minimum atomic E-state index is 0.101. The van der Waals surface area contributed by atoms with E-state index in [4.69, 9.17) is 19.2 Å². The minimum absolute atomic E-state index is 0.101. The van der Waals surface area contributed by atoms with Crippen LogP contribution in [-0.4, -0.2) is 55.6 Å². The molecule has 134 valence electrons. The van der Waals surface area contributed by atoms with Crippen molar-refractivity contribution >= 4 is 5.82 Å². The molecule has 0 bridgehead atoms. The number of aliphatic hydroxyl groups excluding tert-OH is 1. The van der Waals surface area contributed by atoms with Gasteiger partial charge in [0.05, 0.1) is 52.1 Å². The molecule has 0 amide bonds. The fourth-order valence-corrected chi connectivity index (χ4v) is 3.19. The van der Waals surface area contributed by atoms with Gasteiger partial charge >= 0.3 is 0 Å². The lowest BCUT2D eigenvalue weighted by atomic mass is 10.1. The van der Waals surface area contributed by atoms with Crippen LogP contribution in [0.1, 0.15) is 12.8 Å². The standard InChI is InChI=1S/C18H23N3O4/c1-23-15-7-12(8-16(24-2)18(15)25-3)14-9-19-10-17(20-14)21-6-4-5-13(21)11-22/h7-10,13,22H,4-6,11H2,1-3H3. The number of hydrogen-bond acceptors (Lipinski definition) is 7. The highest BCUT2D eigenvalue weighted by atomic mass is 16.5. The predicted molar refractivity (Wildman–Crippen MR) is 94.6 cm³/mol. The number of methoxy groups -OCH3 is 3. The summed E-state index contributed by atoms with van der Waals surface area (Å²) < 4.78 is 16.2. The predicted octanol–water partition coefficient (Wildman–Crippen LogP) is 2.13. The SMILES string of the molecule is COc1cc(-c2cncc(N3CCCC3CO)n2)cc(OC)c1OC. The number of hydrogen-bond donors (Lipinski definition) is 1. The van der Waals surface area contributed by atoms with Crippen molar-refractivity contribution in [2.24, 2.45) is 0 Å². The van der Waals surface area contributed by atoms with Gasteiger partial charge in [-0.25, -0.2) is 4.98 Å². The quantitative estimate of drug-likeness (QED) is 0.859. The van der Waals surface area contributed by atoms with Crippen LogP contribution in [0, 0.1) is 0 Å². The summed E-state index contributed by atoms with van der Waals surface area (Å²) in [7, 11) is 4.74. The Balaban J connectivity index is 2.01. The van der Waals surface area contributed by atoms with Gasteiger partial charge in [-0.3, -0.25) is 4.98 Å². The lowest BCUT2D eigenvalue weighted by Crippen LogP contribution is -2.32. The molecule has 1 aliphatic rings. The van der Waals surface area contributed by atoms with Gasteiger partial charge in [0.25, 0.3) is 0 Å². The Morgan fingerprint density at radius 3 is 2.44 bits per heavy atom. The zero-order valence-corrected chi connectivity index (χ0v) is 14.7. The summed E-state index contributed by atoms with van der Waals surface area (Å²) in [6.45, 7) is 0.995. The van der Waals surface area contributed by atoms with Crippen LogP contribution in [-0.2, 0) is 0 Å². The van der Waals surface area contributed by atoms with Crippen LogP contribution in [0.4, 0.5) is 5.82 Å². The number of aromatic nitrogens is 2. The number of nitrogens with zero attached hydrogens (tertiary/aromatic N) is 3. The van der Waals surface area contributed by atoms with E-state index in [1.54, 1.807) is 33.7 Å². The molecule has 1 fully saturated rings. The van der Waals surface area contributed by atoms with Crippen LogP contribution in [0.25, 0.3) is 11.3 Å². The van der Waals surface area contributed by atoms with E-state index >= 15 is 0 Å². The Hall–Kier alpha value is -2.54. The van der Waals surface area contributed by atoms with Crippen LogP contribution < -0.4 is 19.1 Å². The zero-order chi connectivity index (χ0) is 17.8. The molecule has 1 N–H and O–H groups in total. The summed E-state index contributed by atoms with van der Waals surface area (Å²) in [5.41, 5.74) is 1.53. The van der Waals surface area contributed by atoms with Gasteiger partial charge in [0.15, 0.2) is 11.5 Å². The third kappa shape index (κ3) is 3.32. The Morgan fingerprint density at radius 2 is 1.84 bits per heavy atom. The zero-order valence-electron chi connectivity index (χ0n) is 14.7. The van der Waals surface area contributed by atoms with Crippen LogP contribution in [0.15, 0.2) is 24.5 Å². The largest absolute Gasteiger partial charge is 0.493 e. The first-order valence-corrected chi connectivity index (χ1v) is 8.21. The lowest BCUT2D eigenvalue weighted by molar-refractivity contribution is 0.266. The Kier molecular flexibility index (Phi) is 5.23. The molecule has 3 rings (SSSR count). The van der Waals surface area contributed by atoms with Crippen molar-refractivity contribution < 1.29 is 19.3 Å². The number of anilines is 1. The average Bonchev–Trinajstić information content (AvgIpc) is 3.15. The van der Waals surface area contributed by atoms with E-state index in [9.17, 15) is 5.11 Å². The van der Waals surface area contributed by atoms with Crippen molar-refractivity contribution in [2.45, 2.75) is 18.9 Å². The van der Waals surface area contributed by atoms with Crippen LogP contribution in [0.2, 0.25) is 0 Å². The second kappa shape index (κ2) is 7.57. The fourth-order valence-electron chi connectivity index (χ4n) is 3.19. The fraction of sp³-hybridized carbons (Fsp3) is 0.444. The summed E-state index contributed by atoms with van der Waals surface area (Å²) >= 11 is 0. The van der Waals surface area contributed by atoms with E-state index in [0.29, 0.717) is 22.9 Å². The van der Waals surface area contributed by atoms with Gasteiger partial charge < -0.3 is 24.2 Å². The highest BCUT2D eigenvalue weighted by Crippen LogP contribution is 2.41. The van der Waals surface area contributed by atoms with Crippen LogP contribution >= 0.6 is 0 Å². The summed E-state index contributed by atoms with van der Waals surface area (Å²) in [5, 5.41) is 9.54. The van der Waals surface area contributed by atoms with Crippen molar-refractivity contribution in [3.05, 3.63) is 24.5 Å². The first-order valence-electron chi connectivity index (χ1n) is 8.21. The van der Waals surface area contributed by atoms with Gasteiger partial charge in [-0.1, -0.05) is 0 Å². The molecule has 0 saturated carbocycles. The van der Waals surface area contributed by atoms with Gasteiger partial charge in [-0.2, -0.15) is 0 Å². The average molecular weight is 345 g/mol. The molecular weight excluding hydrogens is 322 g/mol. The van der Waals surface area contributed by atoms with E-state index in [1.165, 1.54) is 0 Å². The lowest BCUT2D eigenvalue weighted by Gasteiger charge is -2.24. The summed E-state index contributed by atoms with van der Waals surface area (Å²) in [6.07, 6.45) is 5.44. The highest BCUT2D eigenvalue weighted by molar-refractivity contribution is 5.69. The van der Waals surface area contributed by atoms with Gasteiger partial charge in [0, 0.05) is 12.1 Å². The van der Waals surface area contributed by atoms with E-state index in [-0.39, 0.29) is 12.6 Å². The molecule has 7 nitrogen and oxygen atoms in total. The normalized spacial score (nSPS) is 16.8. The molecule has 1 aromatic heterocycles. The second-order valence-electron chi connectivity index (χ2n) is 5.85. The molecule has 0 spiro atoms. The minimum Gasteiger partial charge on any atom is -0.493 e. The van der Waals surface area contributed by atoms with Crippen LogP contribution in [0.5, 0.6) is 17.2 Å². The molecule has 2 aromatic rings. The Labute approximate surface area is 147 Å². The van der Waals surface area contributed by atoms with E-state index in [0.717, 1.165) is 30.8 Å². The van der Waals surface area contributed by atoms with Crippen molar-refractivity contribution in [1.29, 1.82) is 0 Å². The summed E-state index contributed by atoms with van der Waals surface area (Å²) in [6, 6.07) is 3.80. The molecule has 0 radical (unpaired) electrons. The molecule has 1 aromatic carbocycles. The van der Waals surface area contributed by atoms with Crippen molar-refractivity contribution in [1.82, 2.24) is 9.97 Å². The maximum atomic E-state index is 9.54. The van der Waals surface area contributed by atoms with Crippen molar-refractivity contribution in [2.75, 3.05) is 39.4 Å². The van der Waals surface area contributed by atoms with E-state index in [2.05, 4.69) is 9.88 Å². The number of aliphatic hydroxyl groups is 1. The number of ether oxygens (including phenoxy) is 3. The molecule has 0 aliphatic carbocycles. The second-order valence-corrected chi connectivity index (χ2v) is 5.85. The first kappa shape index (κ1) is 17.3. The Morgan fingerprint density at radius 1 is 1.12 bits per heavy atom. The topological polar surface area (TPSA) is 76.9 Å². The smallest absolute Gasteiger partial charge is 0.203 e. The third-order valence-corrected chi connectivity index (χ3v) is 4.46. The van der Waals surface area contributed by atoms with Gasteiger partial charge in [-0.15, -0.1) is 0 Å². The molecular formula is C18H23N3O4. The monoisotopic (exact) mass is 345 g/mol. The maximum absolute atomic E-state index is 9.54. The van der Waals surface area contributed by atoms with Crippen molar-refractivity contribution in [3.8, 4) is 28.5 Å². The molecule has 1 unspecified atom stereocenters. The van der Waals surface area contributed by atoms with Crippen molar-refractivity contribution in [3.63, 3.8) is 0 Å². The molecule has 1 saturated heterocycles.